The van der Waals surface area contributed by atoms with E-state index >= 15 is 0 Å². The predicted molar refractivity (Wildman–Crippen MR) is 96.8 cm³/mol. The molecule has 0 fully saturated rings. The Bertz CT molecular complexity index is 601. The molecule has 2 N–H and O–H groups in total. The molecular weight excluding hydrogens is 362 g/mol. The normalized spacial score (nSPS) is 12.8. The highest BCUT2D eigenvalue weighted by molar-refractivity contribution is 9.10. The number of benzene rings is 1. The Balaban J connectivity index is 1.76. The number of rotatable bonds is 6. The molecule has 0 amide bonds. The van der Waals surface area contributed by atoms with E-state index in [1.807, 2.05) is 37.3 Å². The number of ether oxygens (including phenoxy) is 1. The quantitative estimate of drug-likeness (QED) is 0.592. The number of aliphatic imine (C=N–C) groups is 1. The van der Waals surface area contributed by atoms with Crippen LogP contribution < -0.4 is 15.4 Å². The Morgan fingerprint density at radius 3 is 2.77 bits per heavy atom. The minimum absolute atomic E-state index is 0.0268. The maximum Gasteiger partial charge on any atom is 0.191 e. The number of halogens is 1. The van der Waals surface area contributed by atoms with Crippen molar-refractivity contribution in [3.8, 4) is 5.75 Å². The van der Waals surface area contributed by atoms with Crippen LogP contribution in [0.15, 0.2) is 51.2 Å². The zero-order valence-corrected chi connectivity index (χ0v) is 15.1. The van der Waals surface area contributed by atoms with Gasteiger partial charge in [-0.3, -0.25) is 4.99 Å². The van der Waals surface area contributed by atoms with Gasteiger partial charge >= 0.3 is 0 Å². The van der Waals surface area contributed by atoms with Gasteiger partial charge in [-0.05, 0) is 46.4 Å². The van der Waals surface area contributed by atoms with Crippen molar-refractivity contribution in [3.05, 3.63) is 51.1 Å². The summed E-state index contributed by atoms with van der Waals surface area (Å²) in [5.74, 6) is 1.62. The van der Waals surface area contributed by atoms with Crippen molar-refractivity contribution in [2.24, 2.45) is 4.99 Å². The van der Waals surface area contributed by atoms with Crippen LogP contribution >= 0.6 is 27.3 Å². The van der Waals surface area contributed by atoms with Crippen molar-refractivity contribution in [1.29, 1.82) is 0 Å². The van der Waals surface area contributed by atoms with Gasteiger partial charge in [-0.2, -0.15) is 0 Å². The summed E-state index contributed by atoms with van der Waals surface area (Å²) in [5, 5.41) is 8.63. The Hall–Kier alpha value is -1.53. The lowest BCUT2D eigenvalue weighted by molar-refractivity contribution is 0.222. The summed E-state index contributed by atoms with van der Waals surface area (Å²) in [5.41, 5.74) is 0. The second-order valence-electron chi connectivity index (χ2n) is 4.74. The Morgan fingerprint density at radius 1 is 1.27 bits per heavy atom. The van der Waals surface area contributed by atoms with Crippen LogP contribution in [0.3, 0.4) is 0 Å². The molecule has 6 heteroatoms. The molecule has 22 heavy (non-hydrogen) atoms. The number of hydrogen-bond donors (Lipinski definition) is 2. The Morgan fingerprint density at radius 2 is 2.09 bits per heavy atom. The van der Waals surface area contributed by atoms with Crippen molar-refractivity contribution in [2.45, 2.75) is 19.6 Å². The monoisotopic (exact) mass is 381 g/mol. The third-order valence-electron chi connectivity index (χ3n) is 2.96. The van der Waals surface area contributed by atoms with Crippen LogP contribution in [0.4, 0.5) is 0 Å². The fourth-order valence-corrected chi connectivity index (χ4v) is 2.87. The van der Waals surface area contributed by atoms with E-state index in [1.54, 1.807) is 18.4 Å². The predicted octanol–water partition coefficient (Wildman–Crippen LogP) is 3.64. The summed E-state index contributed by atoms with van der Waals surface area (Å²) in [6.07, 6.45) is 0.0268. The molecule has 0 aliphatic rings. The lowest BCUT2D eigenvalue weighted by Crippen LogP contribution is -2.41. The number of nitrogens with one attached hydrogen (secondary N) is 2. The first kappa shape index (κ1) is 16.8. The second kappa shape index (κ2) is 8.80. The van der Waals surface area contributed by atoms with Gasteiger partial charge in [0, 0.05) is 11.9 Å². The zero-order valence-electron chi connectivity index (χ0n) is 12.7. The Kier molecular flexibility index (Phi) is 6.74. The average Bonchev–Trinajstić information content (AvgIpc) is 3.03. The summed E-state index contributed by atoms with van der Waals surface area (Å²) in [4.78, 5) is 5.50. The molecule has 0 bridgehead atoms. The van der Waals surface area contributed by atoms with Crippen LogP contribution in [0.2, 0.25) is 0 Å². The number of hydrogen-bond acceptors (Lipinski definition) is 3. The highest BCUT2D eigenvalue weighted by Gasteiger charge is 2.08. The maximum absolute atomic E-state index is 5.90. The summed E-state index contributed by atoms with van der Waals surface area (Å²) in [7, 11) is 1.77. The molecule has 2 rings (SSSR count). The van der Waals surface area contributed by atoms with Gasteiger partial charge < -0.3 is 15.4 Å². The highest BCUT2D eigenvalue weighted by atomic mass is 79.9. The third kappa shape index (κ3) is 5.35. The van der Waals surface area contributed by atoms with Gasteiger partial charge in [-0.25, -0.2) is 0 Å². The topological polar surface area (TPSA) is 45.7 Å². The number of thiophene rings is 1. The molecule has 0 aliphatic heterocycles. The molecule has 0 radical (unpaired) electrons. The zero-order chi connectivity index (χ0) is 15.8. The molecule has 1 aromatic heterocycles. The van der Waals surface area contributed by atoms with Crippen molar-refractivity contribution >= 4 is 33.2 Å². The van der Waals surface area contributed by atoms with E-state index in [4.69, 9.17) is 4.74 Å². The lowest BCUT2D eigenvalue weighted by atomic mass is 10.3. The number of para-hydroxylation sites is 1. The molecule has 1 heterocycles. The van der Waals surface area contributed by atoms with Crippen molar-refractivity contribution in [2.75, 3.05) is 13.6 Å². The largest absolute Gasteiger partial charge is 0.488 e. The highest BCUT2D eigenvalue weighted by Crippen LogP contribution is 2.24. The van der Waals surface area contributed by atoms with E-state index in [2.05, 4.69) is 43.0 Å². The van der Waals surface area contributed by atoms with Gasteiger partial charge in [0.15, 0.2) is 5.96 Å². The molecular formula is C16H20BrN3OS. The first-order chi connectivity index (χ1) is 10.7. The van der Waals surface area contributed by atoms with E-state index in [0.717, 1.165) is 22.7 Å². The molecule has 0 saturated heterocycles. The molecule has 1 unspecified atom stereocenters. The minimum atomic E-state index is 0.0268. The van der Waals surface area contributed by atoms with Crippen LogP contribution in [0.1, 0.15) is 11.8 Å². The fourth-order valence-electron chi connectivity index (χ4n) is 1.84. The molecule has 118 valence electrons. The molecule has 1 atom stereocenters. The van der Waals surface area contributed by atoms with Gasteiger partial charge in [-0.1, -0.05) is 18.2 Å². The SMILES string of the molecule is CN=C(NCc1cccs1)NCC(C)Oc1ccccc1Br. The van der Waals surface area contributed by atoms with Crippen LogP contribution in [0, 0.1) is 0 Å². The van der Waals surface area contributed by atoms with Crippen LogP contribution in [-0.4, -0.2) is 25.7 Å². The van der Waals surface area contributed by atoms with Crippen molar-refractivity contribution in [3.63, 3.8) is 0 Å². The van der Waals surface area contributed by atoms with Gasteiger partial charge in [-0.15, -0.1) is 11.3 Å². The van der Waals surface area contributed by atoms with Crippen molar-refractivity contribution in [1.82, 2.24) is 10.6 Å². The second-order valence-corrected chi connectivity index (χ2v) is 6.63. The summed E-state index contributed by atoms with van der Waals surface area (Å²) < 4.78 is 6.86. The number of nitrogens with zero attached hydrogens (tertiary/aromatic N) is 1. The molecule has 1 aromatic carbocycles. The average molecular weight is 382 g/mol. The fraction of sp³-hybridized carbons (Fsp3) is 0.312. The smallest absolute Gasteiger partial charge is 0.191 e. The molecule has 0 spiro atoms. The first-order valence-electron chi connectivity index (χ1n) is 7.07. The van der Waals surface area contributed by atoms with Crippen LogP contribution in [-0.2, 0) is 6.54 Å². The van der Waals surface area contributed by atoms with E-state index < -0.39 is 0 Å². The van der Waals surface area contributed by atoms with E-state index in [9.17, 15) is 0 Å². The van der Waals surface area contributed by atoms with Gasteiger partial charge in [0.1, 0.15) is 11.9 Å². The molecule has 4 nitrogen and oxygen atoms in total. The minimum Gasteiger partial charge on any atom is -0.488 e. The summed E-state index contributed by atoms with van der Waals surface area (Å²) in [6, 6.07) is 12.0. The van der Waals surface area contributed by atoms with E-state index in [-0.39, 0.29) is 6.10 Å². The summed E-state index contributed by atoms with van der Waals surface area (Å²) in [6.45, 7) is 3.47. The van der Waals surface area contributed by atoms with Crippen molar-refractivity contribution < 1.29 is 4.74 Å². The molecule has 0 saturated carbocycles. The van der Waals surface area contributed by atoms with Gasteiger partial charge in [0.2, 0.25) is 0 Å². The van der Waals surface area contributed by atoms with Gasteiger partial charge in [0.05, 0.1) is 17.6 Å². The Labute approximate surface area is 143 Å². The third-order valence-corrected chi connectivity index (χ3v) is 4.49. The maximum atomic E-state index is 5.90. The number of guanidine groups is 1. The molecule has 2 aromatic rings. The van der Waals surface area contributed by atoms with Crippen LogP contribution in [0.5, 0.6) is 5.75 Å². The van der Waals surface area contributed by atoms with E-state index in [0.29, 0.717) is 6.54 Å². The van der Waals surface area contributed by atoms with E-state index in [1.165, 1.54) is 4.88 Å². The van der Waals surface area contributed by atoms with Crippen LogP contribution in [0.25, 0.3) is 0 Å². The lowest BCUT2D eigenvalue weighted by Gasteiger charge is -2.18. The standard InChI is InChI=1S/C16H20BrN3OS/c1-12(21-15-8-4-3-7-14(15)17)10-19-16(18-2)20-11-13-6-5-9-22-13/h3-9,12H,10-11H2,1-2H3,(H2,18,19,20). The van der Waals surface area contributed by atoms with Gasteiger partial charge in [0.25, 0.3) is 0 Å². The summed E-state index contributed by atoms with van der Waals surface area (Å²) >= 11 is 5.21. The molecule has 0 aliphatic carbocycles. The first-order valence-corrected chi connectivity index (χ1v) is 8.74.